The number of nitrogens with one attached hydrogen (secondary N) is 1. The molecule has 0 fully saturated rings. The smallest absolute Gasteiger partial charge is 0.113 e. The van der Waals surface area contributed by atoms with Gasteiger partial charge in [0.15, 0.2) is 0 Å². The number of nitrogens with zero attached hydrogens (tertiary/aromatic N) is 3. The van der Waals surface area contributed by atoms with Crippen molar-refractivity contribution in [2.24, 2.45) is 0 Å². The second kappa shape index (κ2) is 4.87. The van der Waals surface area contributed by atoms with Crippen LogP contribution in [-0.2, 0) is 0 Å². The van der Waals surface area contributed by atoms with Crippen LogP contribution in [0.5, 0.6) is 0 Å². The van der Waals surface area contributed by atoms with Crippen molar-refractivity contribution in [3.8, 4) is 5.69 Å². The summed E-state index contributed by atoms with van der Waals surface area (Å²) < 4.78 is 1.65. The van der Waals surface area contributed by atoms with Crippen molar-refractivity contribution in [1.82, 2.24) is 20.3 Å². The second-order valence-corrected chi connectivity index (χ2v) is 3.50. The third kappa shape index (κ3) is 2.26. The molecule has 1 aromatic heterocycles. The topological polar surface area (TPSA) is 63.0 Å². The van der Waals surface area contributed by atoms with Crippen molar-refractivity contribution in [3.63, 3.8) is 0 Å². The number of para-hydroxylation sites is 1. The Morgan fingerprint density at radius 2 is 2.12 bits per heavy atom. The highest BCUT2D eigenvalue weighted by Gasteiger charge is 2.11. The van der Waals surface area contributed by atoms with Gasteiger partial charge >= 0.3 is 0 Å². The molecule has 0 saturated heterocycles. The molecule has 1 heterocycles. The van der Waals surface area contributed by atoms with E-state index in [2.05, 4.69) is 15.6 Å². The van der Waals surface area contributed by atoms with E-state index in [0.717, 1.165) is 5.69 Å². The summed E-state index contributed by atoms with van der Waals surface area (Å²) in [5.74, 6) is 0. The van der Waals surface area contributed by atoms with E-state index in [9.17, 15) is 5.11 Å². The van der Waals surface area contributed by atoms with E-state index in [1.165, 1.54) is 0 Å². The lowest BCUT2D eigenvalue weighted by atomic mass is 10.3. The van der Waals surface area contributed by atoms with Crippen LogP contribution in [-0.4, -0.2) is 33.7 Å². The summed E-state index contributed by atoms with van der Waals surface area (Å²) >= 11 is 0. The van der Waals surface area contributed by atoms with Crippen LogP contribution in [0, 0.1) is 0 Å². The molecule has 0 radical (unpaired) electrons. The van der Waals surface area contributed by atoms with E-state index in [1.807, 2.05) is 30.3 Å². The maximum Gasteiger partial charge on any atom is 0.113 e. The van der Waals surface area contributed by atoms with E-state index < -0.39 is 6.10 Å². The van der Waals surface area contributed by atoms with Crippen molar-refractivity contribution in [2.45, 2.75) is 6.10 Å². The first-order valence-electron chi connectivity index (χ1n) is 5.11. The summed E-state index contributed by atoms with van der Waals surface area (Å²) in [5, 5.41) is 20.5. The highest BCUT2D eigenvalue weighted by Crippen LogP contribution is 2.10. The van der Waals surface area contributed by atoms with Gasteiger partial charge in [-0.3, -0.25) is 0 Å². The van der Waals surface area contributed by atoms with Crippen LogP contribution in [0.1, 0.15) is 11.8 Å². The van der Waals surface area contributed by atoms with Gasteiger partial charge in [-0.15, -0.1) is 5.10 Å². The molecule has 0 spiro atoms. The van der Waals surface area contributed by atoms with Crippen LogP contribution in [0.3, 0.4) is 0 Å². The molecule has 0 aliphatic carbocycles. The number of aliphatic hydroxyl groups is 1. The number of aromatic nitrogens is 3. The number of hydrogen-bond acceptors (Lipinski definition) is 4. The van der Waals surface area contributed by atoms with Gasteiger partial charge in [-0.25, -0.2) is 4.68 Å². The minimum absolute atomic E-state index is 0.466. The van der Waals surface area contributed by atoms with Gasteiger partial charge < -0.3 is 10.4 Å². The van der Waals surface area contributed by atoms with E-state index in [0.29, 0.717) is 12.2 Å². The van der Waals surface area contributed by atoms with Crippen LogP contribution >= 0.6 is 0 Å². The molecule has 1 unspecified atom stereocenters. The molecule has 16 heavy (non-hydrogen) atoms. The number of likely N-dealkylation sites (N-methyl/N-ethyl adjacent to an activating group) is 1. The average Bonchev–Trinajstić information content (AvgIpc) is 2.80. The summed E-state index contributed by atoms with van der Waals surface area (Å²) in [6.07, 6.45) is 1.11. The average molecular weight is 218 g/mol. The number of aliphatic hydroxyl groups excluding tert-OH is 1. The lowest BCUT2D eigenvalue weighted by Crippen LogP contribution is -2.16. The van der Waals surface area contributed by atoms with Crippen molar-refractivity contribution in [2.75, 3.05) is 13.6 Å². The Kier molecular flexibility index (Phi) is 3.28. The molecule has 0 amide bonds. The van der Waals surface area contributed by atoms with Crippen LogP contribution in [0.4, 0.5) is 0 Å². The molecule has 0 saturated carbocycles. The van der Waals surface area contributed by atoms with E-state index in [1.54, 1.807) is 17.9 Å². The SMILES string of the molecule is CNCC(O)c1cn(-c2ccccc2)nn1. The molecular weight excluding hydrogens is 204 g/mol. The Morgan fingerprint density at radius 1 is 1.38 bits per heavy atom. The maximum atomic E-state index is 9.70. The number of benzene rings is 1. The van der Waals surface area contributed by atoms with Crippen LogP contribution in [0.15, 0.2) is 36.5 Å². The van der Waals surface area contributed by atoms with Gasteiger partial charge in [0.05, 0.1) is 11.9 Å². The lowest BCUT2D eigenvalue weighted by molar-refractivity contribution is 0.173. The minimum atomic E-state index is -0.623. The first-order valence-corrected chi connectivity index (χ1v) is 5.11. The molecule has 84 valence electrons. The standard InChI is InChI=1S/C11H14N4O/c1-12-7-11(16)10-8-15(14-13-10)9-5-3-2-4-6-9/h2-6,8,11-12,16H,7H2,1H3. The molecule has 1 atom stereocenters. The largest absolute Gasteiger partial charge is 0.385 e. The Balaban J connectivity index is 2.20. The van der Waals surface area contributed by atoms with E-state index >= 15 is 0 Å². The fraction of sp³-hybridized carbons (Fsp3) is 0.273. The Labute approximate surface area is 93.7 Å². The third-order valence-corrected chi connectivity index (χ3v) is 2.27. The zero-order valence-electron chi connectivity index (χ0n) is 9.04. The first-order chi connectivity index (χ1) is 7.81. The van der Waals surface area contributed by atoms with Gasteiger partial charge in [-0.05, 0) is 19.2 Å². The van der Waals surface area contributed by atoms with Crippen LogP contribution in [0.25, 0.3) is 5.69 Å². The fourth-order valence-corrected chi connectivity index (χ4v) is 1.43. The molecule has 2 N–H and O–H groups in total. The highest BCUT2D eigenvalue weighted by molar-refractivity contribution is 5.30. The molecule has 2 aromatic rings. The molecule has 2 rings (SSSR count). The van der Waals surface area contributed by atoms with E-state index in [-0.39, 0.29) is 0 Å². The predicted octanol–water partition coefficient (Wildman–Crippen LogP) is 0.520. The van der Waals surface area contributed by atoms with Crippen molar-refractivity contribution < 1.29 is 5.11 Å². The molecule has 0 bridgehead atoms. The molecular formula is C11H14N4O. The quantitative estimate of drug-likeness (QED) is 0.785. The molecule has 1 aromatic carbocycles. The van der Waals surface area contributed by atoms with Crippen molar-refractivity contribution >= 4 is 0 Å². The highest BCUT2D eigenvalue weighted by atomic mass is 16.3. The molecule has 5 heteroatoms. The number of rotatable bonds is 4. The minimum Gasteiger partial charge on any atom is -0.385 e. The summed E-state index contributed by atoms with van der Waals surface area (Å²) in [5.41, 5.74) is 1.50. The van der Waals surface area contributed by atoms with Gasteiger partial charge in [0.25, 0.3) is 0 Å². The second-order valence-electron chi connectivity index (χ2n) is 3.50. The Hall–Kier alpha value is -1.72. The monoisotopic (exact) mass is 218 g/mol. The van der Waals surface area contributed by atoms with Gasteiger partial charge in [0, 0.05) is 6.54 Å². The van der Waals surface area contributed by atoms with Gasteiger partial charge in [0.2, 0.25) is 0 Å². The first kappa shape index (κ1) is 10.8. The van der Waals surface area contributed by atoms with Crippen molar-refractivity contribution in [1.29, 1.82) is 0 Å². The van der Waals surface area contributed by atoms with Gasteiger partial charge in [-0.1, -0.05) is 23.4 Å². The third-order valence-electron chi connectivity index (χ3n) is 2.27. The van der Waals surface area contributed by atoms with Crippen LogP contribution < -0.4 is 5.32 Å². The molecule has 0 aliphatic rings. The van der Waals surface area contributed by atoms with E-state index in [4.69, 9.17) is 0 Å². The van der Waals surface area contributed by atoms with Crippen molar-refractivity contribution in [3.05, 3.63) is 42.2 Å². The summed E-state index contributed by atoms with van der Waals surface area (Å²) in [6.45, 7) is 0.466. The number of hydrogen-bond donors (Lipinski definition) is 2. The summed E-state index contributed by atoms with van der Waals surface area (Å²) in [4.78, 5) is 0. The maximum absolute atomic E-state index is 9.70. The zero-order chi connectivity index (χ0) is 11.4. The molecule has 0 aliphatic heterocycles. The summed E-state index contributed by atoms with van der Waals surface area (Å²) in [6, 6.07) is 9.67. The molecule has 5 nitrogen and oxygen atoms in total. The Bertz CT molecular complexity index is 440. The summed E-state index contributed by atoms with van der Waals surface area (Å²) in [7, 11) is 1.78. The van der Waals surface area contributed by atoms with Gasteiger partial charge in [-0.2, -0.15) is 0 Å². The Morgan fingerprint density at radius 3 is 2.81 bits per heavy atom. The lowest BCUT2D eigenvalue weighted by Gasteiger charge is -2.04. The van der Waals surface area contributed by atoms with Gasteiger partial charge in [0.1, 0.15) is 11.8 Å². The zero-order valence-corrected chi connectivity index (χ0v) is 9.04. The van der Waals surface area contributed by atoms with Crippen LogP contribution in [0.2, 0.25) is 0 Å². The fourth-order valence-electron chi connectivity index (χ4n) is 1.43. The predicted molar refractivity (Wildman–Crippen MR) is 60.2 cm³/mol. The normalized spacial score (nSPS) is 12.6.